The molecule has 0 aromatic heterocycles. The van der Waals surface area contributed by atoms with Crippen molar-refractivity contribution >= 4 is 27.5 Å². The fourth-order valence-corrected chi connectivity index (χ4v) is 2.42. The van der Waals surface area contributed by atoms with Crippen molar-refractivity contribution in [2.24, 2.45) is 5.92 Å². The predicted molar refractivity (Wildman–Crippen MR) is 74.4 cm³/mol. The van der Waals surface area contributed by atoms with E-state index in [1.54, 1.807) is 18.2 Å². The van der Waals surface area contributed by atoms with Crippen molar-refractivity contribution in [2.45, 2.75) is 19.4 Å². The molecule has 1 fully saturated rings. The molecule has 1 heterocycles. The molecule has 4 nitrogen and oxygen atoms in total. The predicted octanol–water partition coefficient (Wildman–Crippen LogP) is 2.19. The van der Waals surface area contributed by atoms with Crippen molar-refractivity contribution in [3.8, 4) is 0 Å². The van der Waals surface area contributed by atoms with Gasteiger partial charge < -0.3 is 15.8 Å². The van der Waals surface area contributed by atoms with E-state index >= 15 is 0 Å². The lowest BCUT2D eigenvalue weighted by atomic mass is 10.0. The summed E-state index contributed by atoms with van der Waals surface area (Å²) >= 11 is 3.32. The number of carbonyl (C=O) groups excluding carboxylic acids is 1. The van der Waals surface area contributed by atoms with E-state index in [9.17, 15) is 4.79 Å². The Labute approximate surface area is 115 Å². The molecule has 0 aliphatic carbocycles. The van der Waals surface area contributed by atoms with Gasteiger partial charge >= 0.3 is 0 Å². The smallest absolute Gasteiger partial charge is 0.251 e. The molecule has 3 N–H and O–H groups in total. The van der Waals surface area contributed by atoms with E-state index in [2.05, 4.69) is 21.2 Å². The normalized spacial score (nSPS) is 23.0. The minimum atomic E-state index is -0.0743. The van der Waals surface area contributed by atoms with Crippen LogP contribution in [-0.4, -0.2) is 25.2 Å². The Morgan fingerprint density at radius 2 is 2.39 bits per heavy atom. The number of carbonyl (C=O) groups is 1. The average Bonchev–Trinajstić information content (AvgIpc) is 2.75. The molecule has 2 unspecified atom stereocenters. The van der Waals surface area contributed by atoms with Crippen LogP contribution in [0.4, 0.5) is 5.69 Å². The van der Waals surface area contributed by atoms with E-state index in [1.807, 2.05) is 6.92 Å². The van der Waals surface area contributed by atoms with E-state index in [0.717, 1.165) is 17.5 Å². The molecule has 2 rings (SSSR count). The lowest BCUT2D eigenvalue weighted by Crippen LogP contribution is -2.31. The molecular formula is C13H17BrN2O2. The first-order valence-electron chi connectivity index (χ1n) is 6.02. The summed E-state index contributed by atoms with van der Waals surface area (Å²) < 4.78 is 6.21. The second-order valence-electron chi connectivity index (χ2n) is 4.57. The molecule has 1 saturated heterocycles. The van der Waals surface area contributed by atoms with Crippen LogP contribution in [0.25, 0.3) is 0 Å². The van der Waals surface area contributed by atoms with Gasteiger partial charge in [0.05, 0.1) is 6.10 Å². The molecule has 1 aliphatic heterocycles. The zero-order valence-electron chi connectivity index (χ0n) is 10.3. The minimum Gasteiger partial charge on any atom is -0.398 e. The number of halogens is 1. The SMILES string of the molecule is CC1OCCC1CNC(=O)c1ccc(N)c(Br)c1. The Hall–Kier alpha value is -1.07. The van der Waals surface area contributed by atoms with Crippen molar-refractivity contribution in [3.63, 3.8) is 0 Å². The van der Waals surface area contributed by atoms with E-state index in [1.165, 1.54) is 0 Å². The maximum Gasteiger partial charge on any atom is 0.251 e. The van der Waals surface area contributed by atoms with Crippen molar-refractivity contribution in [3.05, 3.63) is 28.2 Å². The Bertz CT molecular complexity index is 451. The summed E-state index contributed by atoms with van der Waals surface area (Å²) in [5, 5.41) is 2.94. The van der Waals surface area contributed by atoms with Crippen LogP contribution < -0.4 is 11.1 Å². The van der Waals surface area contributed by atoms with Gasteiger partial charge in [-0.3, -0.25) is 4.79 Å². The largest absolute Gasteiger partial charge is 0.398 e. The number of nitrogen functional groups attached to an aromatic ring is 1. The van der Waals surface area contributed by atoms with Crippen LogP contribution in [0.1, 0.15) is 23.7 Å². The highest BCUT2D eigenvalue weighted by Gasteiger charge is 2.24. The number of amides is 1. The number of benzene rings is 1. The maximum atomic E-state index is 12.0. The van der Waals surface area contributed by atoms with E-state index in [-0.39, 0.29) is 12.0 Å². The lowest BCUT2D eigenvalue weighted by Gasteiger charge is -2.14. The van der Waals surface area contributed by atoms with Crippen LogP contribution in [-0.2, 0) is 4.74 Å². The molecule has 1 aliphatic rings. The van der Waals surface area contributed by atoms with Gasteiger partial charge in [-0.15, -0.1) is 0 Å². The molecule has 5 heteroatoms. The molecule has 18 heavy (non-hydrogen) atoms. The number of hydrogen-bond acceptors (Lipinski definition) is 3. The summed E-state index contributed by atoms with van der Waals surface area (Å²) in [6, 6.07) is 5.18. The summed E-state index contributed by atoms with van der Waals surface area (Å²) in [5.74, 6) is 0.334. The number of nitrogens with one attached hydrogen (secondary N) is 1. The Morgan fingerprint density at radius 1 is 1.61 bits per heavy atom. The third-order valence-electron chi connectivity index (χ3n) is 3.32. The summed E-state index contributed by atoms with van der Waals surface area (Å²) in [6.45, 7) is 3.49. The van der Waals surface area contributed by atoms with Gasteiger partial charge in [-0.1, -0.05) is 0 Å². The number of ether oxygens (including phenoxy) is 1. The van der Waals surface area contributed by atoms with Gasteiger partial charge in [0.2, 0.25) is 0 Å². The van der Waals surface area contributed by atoms with Crippen LogP contribution >= 0.6 is 15.9 Å². The van der Waals surface area contributed by atoms with E-state index in [4.69, 9.17) is 10.5 Å². The second kappa shape index (κ2) is 5.71. The molecule has 98 valence electrons. The molecule has 1 aromatic carbocycles. The molecular weight excluding hydrogens is 296 g/mol. The van der Waals surface area contributed by atoms with Gasteiger partial charge in [-0.2, -0.15) is 0 Å². The third-order valence-corrected chi connectivity index (χ3v) is 4.01. The zero-order chi connectivity index (χ0) is 13.1. The van der Waals surface area contributed by atoms with Crippen LogP contribution in [0.5, 0.6) is 0 Å². The molecule has 0 bridgehead atoms. The maximum absolute atomic E-state index is 12.0. The van der Waals surface area contributed by atoms with Crippen molar-refractivity contribution in [1.82, 2.24) is 5.32 Å². The molecule has 1 aromatic rings. The Morgan fingerprint density at radius 3 is 3.00 bits per heavy atom. The number of hydrogen-bond donors (Lipinski definition) is 2. The van der Waals surface area contributed by atoms with Crippen LogP contribution in [0.3, 0.4) is 0 Å². The van der Waals surface area contributed by atoms with E-state index < -0.39 is 0 Å². The van der Waals surface area contributed by atoms with Gasteiger partial charge in [-0.05, 0) is 47.5 Å². The van der Waals surface area contributed by atoms with Gasteiger partial charge in [0, 0.05) is 34.8 Å². The molecule has 0 saturated carbocycles. The molecule has 2 atom stereocenters. The first-order chi connectivity index (χ1) is 8.58. The Kier molecular flexibility index (Phi) is 4.24. The average molecular weight is 313 g/mol. The molecule has 1 amide bonds. The fraction of sp³-hybridized carbons (Fsp3) is 0.462. The van der Waals surface area contributed by atoms with Gasteiger partial charge in [0.1, 0.15) is 0 Å². The second-order valence-corrected chi connectivity index (χ2v) is 5.43. The van der Waals surface area contributed by atoms with Crippen molar-refractivity contribution < 1.29 is 9.53 Å². The highest BCUT2D eigenvalue weighted by Crippen LogP contribution is 2.21. The number of rotatable bonds is 3. The van der Waals surface area contributed by atoms with Gasteiger partial charge in [0.15, 0.2) is 0 Å². The number of anilines is 1. The van der Waals surface area contributed by atoms with Crippen molar-refractivity contribution in [1.29, 1.82) is 0 Å². The fourth-order valence-electron chi connectivity index (χ4n) is 2.04. The van der Waals surface area contributed by atoms with E-state index in [0.29, 0.717) is 23.7 Å². The van der Waals surface area contributed by atoms with Crippen LogP contribution in [0.15, 0.2) is 22.7 Å². The first-order valence-corrected chi connectivity index (χ1v) is 6.82. The molecule has 0 spiro atoms. The standard InChI is InChI=1S/C13H17BrN2O2/c1-8-10(4-5-18-8)7-16-13(17)9-2-3-12(15)11(14)6-9/h2-3,6,8,10H,4-5,7,15H2,1H3,(H,16,17). The summed E-state index contributed by atoms with van der Waals surface area (Å²) in [7, 11) is 0. The summed E-state index contributed by atoms with van der Waals surface area (Å²) in [5.41, 5.74) is 6.93. The highest BCUT2D eigenvalue weighted by atomic mass is 79.9. The molecule has 0 radical (unpaired) electrons. The monoisotopic (exact) mass is 312 g/mol. The van der Waals surface area contributed by atoms with Gasteiger partial charge in [-0.25, -0.2) is 0 Å². The van der Waals surface area contributed by atoms with Crippen LogP contribution in [0, 0.1) is 5.92 Å². The summed E-state index contributed by atoms with van der Waals surface area (Å²) in [6.07, 6.45) is 1.23. The van der Waals surface area contributed by atoms with Crippen molar-refractivity contribution in [2.75, 3.05) is 18.9 Å². The number of nitrogens with two attached hydrogens (primary N) is 1. The first kappa shape index (κ1) is 13.4. The quantitative estimate of drug-likeness (QED) is 0.841. The highest BCUT2D eigenvalue weighted by molar-refractivity contribution is 9.10. The van der Waals surface area contributed by atoms with Gasteiger partial charge in [0.25, 0.3) is 5.91 Å². The third kappa shape index (κ3) is 3.03. The van der Waals surface area contributed by atoms with Crippen LogP contribution in [0.2, 0.25) is 0 Å². The zero-order valence-corrected chi connectivity index (χ0v) is 11.9. The summed E-state index contributed by atoms with van der Waals surface area (Å²) in [4.78, 5) is 12.0. The minimum absolute atomic E-state index is 0.0743. The topological polar surface area (TPSA) is 64.3 Å². The lowest BCUT2D eigenvalue weighted by molar-refractivity contribution is 0.0907. The Balaban J connectivity index is 1.93.